The number of aromatic amines is 1. The summed E-state index contributed by atoms with van der Waals surface area (Å²) in [6.07, 6.45) is 0. The number of rotatable bonds is 5. The highest BCUT2D eigenvalue weighted by atomic mass is 79.9. The monoisotopic (exact) mass is 448 g/mol. The van der Waals surface area contributed by atoms with Gasteiger partial charge in [0.2, 0.25) is 0 Å². The first-order valence-electron chi connectivity index (χ1n) is 8.34. The molecule has 0 atom stereocenters. The van der Waals surface area contributed by atoms with Crippen LogP contribution in [-0.2, 0) is 0 Å². The molecule has 0 amide bonds. The maximum Gasteiger partial charge on any atom is 0.269 e. The first-order chi connectivity index (χ1) is 12.9. The molecule has 0 fully saturated rings. The average Bonchev–Trinajstić information content (AvgIpc) is 2.63. The third kappa shape index (κ3) is 3.96. The number of ether oxygens (including phenoxy) is 2. The summed E-state index contributed by atoms with van der Waals surface area (Å²) in [5.41, 5.74) is 0.329. The van der Waals surface area contributed by atoms with E-state index in [0.29, 0.717) is 35.6 Å². The van der Waals surface area contributed by atoms with E-state index in [1.807, 2.05) is 13.8 Å². The first kappa shape index (κ1) is 19.3. The topological polar surface area (TPSA) is 73.3 Å². The van der Waals surface area contributed by atoms with E-state index in [1.54, 1.807) is 36.4 Å². The third-order valence-electron chi connectivity index (χ3n) is 3.81. The van der Waals surface area contributed by atoms with Gasteiger partial charge in [-0.15, -0.1) is 0 Å². The van der Waals surface area contributed by atoms with E-state index in [2.05, 4.69) is 20.9 Å². The second kappa shape index (κ2) is 8.06. The second-order valence-electron chi connectivity index (χ2n) is 5.62. The molecule has 3 rings (SSSR count). The highest BCUT2D eigenvalue weighted by Crippen LogP contribution is 2.24. The standard InChI is InChI=1S/C19H17BrN2O4S/c1-3-25-13-7-11(8-14(10-13)26-4-2)17(23)22-18(24)15-9-12(20)5-6-16(15)21-19(22)27/h5-10H,3-4H2,1-2H3,(H,21,27). The maximum absolute atomic E-state index is 13.1. The van der Waals surface area contributed by atoms with Gasteiger partial charge in [0.15, 0.2) is 4.77 Å². The van der Waals surface area contributed by atoms with E-state index in [-0.39, 0.29) is 10.3 Å². The van der Waals surface area contributed by atoms with Crippen molar-refractivity contribution in [2.45, 2.75) is 13.8 Å². The zero-order chi connectivity index (χ0) is 19.6. The first-order valence-corrected chi connectivity index (χ1v) is 9.54. The second-order valence-corrected chi connectivity index (χ2v) is 6.93. The van der Waals surface area contributed by atoms with Crippen molar-refractivity contribution in [3.63, 3.8) is 0 Å². The lowest BCUT2D eigenvalue weighted by Gasteiger charge is -2.12. The molecule has 0 spiro atoms. The Morgan fingerprint density at radius 2 is 1.74 bits per heavy atom. The zero-order valence-electron chi connectivity index (χ0n) is 14.7. The third-order valence-corrected chi connectivity index (χ3v) is 4.59. The molecule has 0 saturated carbocycles. The Morgan fingerprint density at radius 3 is 2.33 bits per heavy atom. The van der Waals surface area contributed by atoms with Crippen molar-refractivity contribution < 1.29 is 14.3 Å². The Kier molecular flexibility index (Phi) is 5.76. The normalized spacial score (nSPS) is 10.8. The number of carbonyl (C=O) groups is 1. The zero-order valence-corrected chi connectivity index (χ0v) is 17.1. The summed E-state index contributed by atoms with van der Waals surface area (Å²) in [4.78, 5) is 28.9. The van der Waals surface area contributed by atoms with Crippen molar-refractivity contribution in [2.75, 3.05) is 13.2 Å². The van der Waals surface area contributed by atoms with Crippen molar-refractivity contribution >= 4 is 45.0 Å². The quantitative estimate of drug-likeness (QED) is 0.588. The number of hydrogen-bond acceptors (Lipinski definition) is 5. The van der Waals surface area contributed by atoms with Crippen LogP contribution in [0.15, 0.2) is 45.7 Å². The summed E-state index contributed by atoms with van der Waals surface area (Å²) in [5, 5.41) is 0.359. The predicted molar refractivity (Wildman–Crippen MR) is 110 cm³/mol. The van der Waals surface area contributed by atoms with Gasteiger partial charge in [-0.2, -0.15) is 0 Å². The number of nitrogens with zero attached hydrogens (tertiary/aromatic N) is 1. The van der Waals surface area contributed by atoms with E-state index in [9.17, 15) is 9.59 Å². The number of benzene rings is 2. The van der Waals surface area contributed by atoms with Crippen LogP contribution in [0.1, 0.15) is 24.2 Å². The lowest BCUT2D eigenvalue weighted by atomic mass is 10.1. The minimum Gasteiger partial charge on any atom is -0.494 e. The van der Waals surface area contributed by atoms with Crippen LogP contribution in [0, 0.1) is 4.77 Å². The molecule has 27 heavy (non-hydrogen) atoms. The highest BCUT2D eigenvalue weighted by Gasteiger charge is 2.17. The summed E-state index contributed by atoms with van der Waals surface area (Å²) in [6, 6.07) is 10.0. The van der Waals surface area contributed by atoms with Crippen LogP contribution in [-0.4, -0.2) is 28.7 Å². The van der Waals surface area contributed by atoms with E-state index >= 15 is 0 Å². The minimum atomic E-state index is -0.550. The molecule has 0 aliphatic rings. The van der Waals surface area contributed by atoms with Crippen molar-refractivity contribution in [3.8, 4) is 11.5 Å². The number of H-pyrrole nitrogens is 1. The van der Waals surface area contributed by atoms with Crippen LogP contribution in [0.25, 0.3) is 10.9 Å². The molecule has 6 nitrogen and oxygen atoms in total. The fourth-order valence-corrected chi connectivity index (χ4v) is 3.33. The van der Waals surface area contributed by atoms with Gasteiger partial charge >= 0.3 is 0 Å². The van der Waals surface area contributed by atoms with Gasteiger partial charge in [0.25, 0.3) is 11.5 Å². The smallest absolute Gasteiger partial charge is 0.269 e. The molecule has 3 aromatic rings. The van der Waals surface area contributed by atoms with Crippen LogP contribution < -0.4 is 15.0 Å². The molecule has 2 aromatic carbocycles. The van der Waals surface area contributed by atoms with Crippen molar-refractivity contribution in [2.24, 2.45) is 0 Å². The molecule has 1 aromatic heterocycles. The molecule has 0 saturated heterocycles. The van der Waals surface area contributed by atoms with Gasteiger partial charge in [0.1, 0.15) is 11.5 Å². The molecule has 0 unspecified atom stereocenters. The van der Waals surface area contributed by atoms with Crippen LogP contribution in [0.2, 0.25) is 0 Å². The molecule has 1 N–H and O–H groups in total. The Morgan fingerprint density at radius 1 is 1.11 bits per heavy atom. The van der Waals surface area contributed by atoms with Crippen LogP contribution in [0.5, 0.6) is 11.5 Å². The Hall–Kier alpha value is -2.45. The van der Waals surface area contributed by atoms with Gasteiger partial charge in [-0.05, 0) is 56.4 Å². The number of aromatic nitrogens is 2. The van der Waals surface area contributed by atoms with Gasteiger partial charge in [-0.25, -0.2) is 4.57 Å². The Labute approximate surface area is 168 Å². The predicted octanol–water partition coefficient (Wildman–Crippen LogP) is 4.31. The molecule has 1 heterocycles. The summed E-state index contributed by atoms with van der Waals surface area (Å²) in [7, 11) is 0. The lowest BCUT2D eigenvalue weighted by molar-refractivity contribution is 0.0952. The van der Waals surface area contributed by atoms with E-state index in [4.69, 9.17) is 21.7 Å². The van der Waals surface area contributed by atoms with Gasteiger partial charge in [-0.3, -0.25) is 9.59 Å². The number of nitrogens with one attached hydrogen (secondary N) is 1. The summed E-state index contributed by atoms with van der Waals surface area (Å²) < 4.78 is 12.7. The summed E-state index contributed by atoms with van der Waals surface area (Å²) in [5.74, 6) is 0.419. The molecular weight excluding hydrogens is 432 g/mol. The molecule has 0 bridgehead atoms. The molecular formula is C19H17BrN2O4S. The van der Waals surface area contributed by atoms with Crippen molar-refractivity contribution in [1.82, 2.24) is 9.55 Å². The van der Waals surface area contributed by atoms with E-state index in [1.165, 1.54) is 0 Å². The average molecular weight is 449 g/mol. The molecule has 0 aliphatic heterocycles. The number of hydrogen-bond donors (Lipinski definition) is 1. The van der Waals surface area contributed by atoms with Gasteiger partial charge in [0, 0.05) is 16.1 Å². The van der Waals surface area contributed by atoms with Crippen molar-refractivity contribution in [1.29, 1.82) is 0 Å². The van der Waals surface area contributed by atoms with E-state index in [0.717, 1.165) is 9.04 Å². The minimum absolute atomic E-state index is 0.0274. The maximum atomic E-state index is 13.1. The van der Waals surface area contributed by atoms with Crippen LogP contribution >= 0.6 is 28.1 Å². The number of halogens is 1. The van der Waals surface area contributed by atoms with Gasteiger partial charge in [-0.1, -0.05) is 15.9 Å². The van der Waals surface area contributed by atoms with Crippen LogP contribution in [0.4, 0.5) is 0 Å². The summed E-state index contributed by atoms with van der Waals surface area (Å²) >= 11 is 8.60. The number of fused-ring (bicyclic) bond motifs is 1. The fourth-order valence-electron chi connectivity index (χ4n) is 2.69. The Balaban J connectivity index is 2.18. The SMILES string of the molecule is CCOc1cc(OCC)cc(C(=O)n2c(=S)[nH]c3ccc(Br)cc3c2=O)c1. The van der Waals surface area contributed by atoms with Gasteiger partial charge < -0.3 is 14.5 Å². The molecule has 0 aliphatic carbocycles. The molecule has 0 radical (unpaired) electrons. The van der Waals surface area contributed by atoms with Crippen molar-refractivity contribution in [3.05, 3.63) is 61.6 Å². The largest absolute Gasteiger partial charge is 0.494 e. The van der Waals surface area contributed by atoms with Gasteiger partial charge in [0.05, 0.1) is 24.1 Å². The Bertz CT molecular complexity index is 1110. The number of carbonyl (C=O) groups excluding carboxylic acids is 1. The summed E-state index contributed by atoms with van der Waals surface area (Å²) in [6.45, 7) is 4.56. The lowest BCUT2D eigenvalue weighted by Crippen LogP contribution is -2.29. The highest BCUT2D eigenvalue weighted by molar-refractivity contribution is 9.10. The molecule has 140 valence electrons. The fraction of sp³-hybridized carbons (Fsp3) is 0.211. The molecule has 8 heteroatoms. The van der Waals surface area contributed by atoms with E-state index < -0.39 is 11.5 Å². The van der Waals surface area contributed by atoms with Crippen LogP contribution in [0.3, 0.4) is 0 Å².